The lowest BCUT2D eigenvalue weighted by Gasteiger charge is -2.38. The van der Waals surface area contributed by atoms with Gasteiger partial charge in [0.05, 0.1) is 0 Å². The second-order valence-corrected chi connectivity index (χ2v) is 5.10. The molecule has 1 saturated carbocycles. The molecule has 3 aliphatic rings. The third-order valence-electron chi connectivity index (χ3n) is 3.45. The first-order valence-corrected chi connectivity index (χ1v) is 5.58. The van der Waals surface area contributed by atoms with Crippen molar-refractivity contribution in [3.05, 3.63) is 34.3 Å². The summed E-state index contributed by atoms with van der Waals surface area (Å²) in [6.45, 7) is 1.17. The van der Waals surface area contributed by atoms with Crippen LogP contribution in [0.2, 0.25) is 0 Å². The Kier molecular flexibility index (Phi) is 1.59. The summed E-state index contributed by atoms with van der Waals surface area (Å²) in [5.41, 5.74) is 1.96. The van der Waals surface area contributed by atoms with Crippen molar-refractivity contribution in [1.82, 2.24) is 5.32 Å². The molecule has 68 valence electrons. The molecule has 2 heterocycles. The second-order valence-electron chi connectivity index (χ2n) is 4.25. The zero-order chi connectivity index (χ0) is 8.89. The molecule has 1 N–H and O–H groups in total. The number of fused-ring (bicyclic) bond motifs is 1. The van der Waals surface area contributed by atoms with Gasteiger partial charge in [-0.1, -0.05) is 34.1 Å². The highest BCUT2D eigenvalue weighted by Crippen LogP contribution is 2.50. The average molecular weight is 238 g/mol. The van der Waals surface area contributed by atoms with Gasteiger partial charge >= 0.3 is 0 Å². The molecule has 0 spiro atoms. The Morgan fingerprint density at radius 2 is 2.08 bits per heavy atom. The molecule has 0 radical (unpaired) electrons. The highest BCUT2D eigenvalue weighted by Gasteiger charge is 2.51. The molecule has 1 nitrogen and oxygen atoms in total. The molecule has 0 aromatic heterocycles. The molecule has 0 unspecified atom stereocenters. The van der Waals surface area contributed by atoms with Gasteiger partial charge in [-0.2, -0.15) is 0 Å². The molecular formula is C11H12BrN. The first-order valence-electron chi connectivity index (χ1n) is 4.79. The Balaban J connectivity index is 2.05. The van der Waals surface area contributed by atoms with Gasteiger partial charge in [0.25, 0.3) is 0 Å². The third kappa shape index (κ3) is 1.02. The summed E-state index contributed by atoms with van der Waals surface area (Å²) in [6.07, 6.45) is 2.66. The summed E-state index contributed by atoms with van der Waals surface area (Å²) in [5, 5.41) is 3.54. The Morgan fingerprint density at radius 3 is 2.69 bits per heavy atom. The van der Waals surface area contributed by atoms with Crippen LogP contribution in [0.5, 0.6) is 0 Å². The Hall–Kier alpha value is -0.340. The van der Waals surface area contributed by atoms with Crippen LogP contribution in [0.15, 0.2) is 28.7 Å². The normalized spacial score (nSPS) is 35.9. The molecule has 2 bridgehead atoms. The number of hydrogen-bond donors (Lipinski definition) is 1. The highest BCUT2D eigenvalue weighted by atomic mass is 79.9. The SMILES string of the molecule is Brc1ccccc1C12CNC(C1)C2. The standard InChI is InChI=1S/C11H12BrN/c12-10-4-2-1-3-9(10)11-5-8(6-11)13-7-11/h1-4,8,13H,5-7H2. The number of rotatable bonds is 1. The molecular weight excluding hydrogens is 226 g/mol. The Morgan fingerprint density at radius 1 is 1.31 bits per heavy atom. The van der Waals surface area contributed by atoms with E-state index < -0.39 is 0 Å². The fourth-order valence-corrected chi connectivity index (χ4v) is 3.42. The molecule has 2 aliphatic heterocycles. The fraction of sp³-hybridized carbons (Fsp3) is 0.455. The van der Waals surface area contributed by atoms with E-state index in [2.05, 4.69) is 45.5 Å². The summed E-state index contributed by atoms with van der Waals surface area (Å²) in [4.78, 5) is 0. The lowest BCUT2D eigenvalue weighted by Crippen LogP contribution is -2.37. The molecule has 2 heteroatoms. The van der Waals surface area contributed by atoms with E-state index in [0.29, 0.717) is 5.41 Å². The fourth-order valence-electron chi connectivity index (χ4n) is 2.72. The maximum absolute atomic E-state index is 3.64. The number of halogens is 1. The summed E-state index contributed by atoms with van der Waals surface area (Å²) < 4.78 is 1.28. The van der Waals surface area contributed by atoms with E-state index in [-0.39, 0.29) is 0 Å². The van der Waals surface area contributed by atoms with Crippen molar-refractivity contribution in [1.29, 1.82) is 0 Å². The Bertz CT molecular complexity index is 336. The maximum atomic E-state index is 3.64. The van der Waals surface area contributed by atoms with Gasteiger partial charge in [-0.3, -0.25) is 0 Å². The van der Waals surface area contributed by atoms with Crippen molar-refractivity contribution in [2.24, 2.45) is 0 Å². The van der Waals surface area contributed by atoms with Gasteiger partial charge in [-0.05, 0) is 24.5 Å². The van der Waals surface area contributed by atoms with Crippen LogP contribution in [0, 0.1) is 0 Å². The largest absolute Gasteiger partial charge is 0.313 e. The third-order valence-corrected chi connectivity index (χ3v) is 4.14. The van der Waals surface area contributed by atoms with Crippen molar-refractivity contribution in [3.8, 4) is 0 Å². The van der Waals surface area contributed by atoms with Crippen LogP contribution in [-0.2, 0) is 5.41 Å². The van der Waals surface area contributed by atoms with Crippen molar-refractivity contribution in [2.75, 3.05) is 6.54 Å². The van der Waals surface area contributed by atoms with Crippen molar-refractivity contribution in [2.45, 2.75) is 24.3 Å². The first kappa shape index (κ1) is 8.01. The lowest BCUT2D eigenvalue weighted by molar-refractivity contribution is 0.303. The van der Waals surface area contributed by atoms with Crippen molar-refractivity contribution < 1.29 is 0 Å². The smallest absolute Gasteiger partial charge is 0.0213 e. The molecule has 13 heavy (non-hydrogen) atoms. The zero-order valence-electron chi connectivity index (χ0n) is 7.39. The van der Waals surface area contributed by atoms with Gasteiger partial charge in [-0.25, -0.2) is 0 Å². The van der Waals surface area contributed by atoms with E-state index in [1.807, 2.05) is 0 Å². The number of nitrogens with one attached hydrogen (secondary N) is 1. The van der Waals surface area contributed by atoms with Crippen LogP contribution in [0.25, 0.3) is 0 Å². The minimum absolute atomic E-state index is 0.463. The van der Waals surface area contributed by atoms with E-state index in [1.54, 1.807) is 0 Å². The zero-order valence-corrected chi connectivity index (χ0v) is 8.97. The quantitative estimate of drug-likeness (QED) is 0.792. The van der Waals surface area contributed by atoms with Gasteiger partial charge in [0.2, 0.25) is 0 Å². The number of benzene rings is 1. The van der Waals surface area contributed by atoms with Gasteiger partial charge < -0.3 is 5.32 Å². The predicted octanol–water partition coefficient (Wildman–Crippen LogP) is 2.45. The van der Waals surface area contributed by atoms with Gasteiger partial charge in [0, 0.05) is 22.5 Å². The molecule has 2 saturated heterocycles. The lowest BCUT2D eigenvalue weighted by atomic mass is 9.66. The summed E-state index contributed by atoms with van der Waals surface area (Å²) in [6, 6.07) is 9.43. The van der Waals surface area contributed by atoms with E-state index >= 15 is 0 Å². The monoisotopic (exact) mass is 237 g/mol. The van der Waals surface area contributed by atoms with E-state index in [0.717, 1.165) is 6.04 Å². The van der Waals surface area contributed by atoms with Crippen LogP contribution in [-0.4, -0.2) is 12.6 Å². The first-order chi connectivity index (χ1) is 6.30. The van der Waals surface area contributed by atoms with Gasteiger partial charge in [0.1, 0.15) is 0 Å². The maximum Gasteiger partial charge on any atom is 0.0213 e. The van der Waals surface area contributed by atoms with E-state index in [1.165, 1.54) is 29.4 Å². The second kappa shape index (κ2) is 2.58. The van der Waals surface area contributed by atoms with Gasteiger partial charge in [0.15, 0.2) is 0 Å². The van der Waals surface area contributed by atoms with E-state index in [9.17, 15) is 0 Å². The summed E-state index contributed by atoms with van der Waals surface area (Å²) in [5.74, 6) is 0. The molecule has 1 aromatic carbocycles. The summed E-state index contributed by atoms with van der Waals surface area (Å²) in [7, 11) is 0. The minimum Gasteiger partial charge on any atom is -0.313 e. The topological polar surface area (TPSA) is 12.0 Å². The van der Waals surface area contributed by atoms with Crippen LogP contribution in [0.4, 0.5) is 0 Å². The Labute approximate surface area is 86.7 Å². The highest BCUT2D eigenvalue weighted by molar-refractivity contribution is 9.10. The van der Waals surface area contributed by atoms with Crippen LogP contribution >= 0.6 is 15.9 Å². The van der Waals surface area contributed by atoms with Crippen LogP contribution < -0.4 is 5.32 Å². The van der Waals surface area contributed by atoms with Gasteiger partial charge in [-0.15, -0.1) is 0 Å². The molecule has 0 atom stereocenters. The van der Waals surface area contributed by atoms with Crippen LogP contribution in [0.3, 0.4) is 0 Å². The van der Waals surface area contributed by atoms with Crippen LogP contribution in [0.1, 0.15) is 18.4 Å². The van der Waals surface area contributed by atoms with Crippen molar-refractivity contribution >= 4 is 15.9 Å². The molecule has 0 amide bonds. The van der Waals surface area contributed by atoms with E-state index in [4.69, 9.17) is 0 Å². The summed E-state index contributed by atoms with van der Waals surface area (Å²) >= 11 is 3.64. The average Bonchev–Trinajstić information content (AvgIpc) is 2.63. The molecule has 3 fully saturated rings. The molecule has 1 aliphatic carbocycles. The predicted molar refractivity (Wildman–Crippen MR) is 56.8 cm³/mol. The molecule has 1 aromatic rings. The number of hydrogen-bond acceptors (Lipinski definition) is 1. The minimum atomic E-state index is 0.463. The molecule has 4 rings (SSSR count). The van der Waals surface area contributed by atoms with Crippen molar-refractivity contribution in [3.63, 3.8) is 0 Å².